The van der Waals surface area contributed by atoms with Crippen molar-refractivity contribution in [3.8, 4) is 0 Å². The monoisotopic (exact) mass is 362 g/mol. The molecule has 2 aliphatic heterocycles. The Morgan fingerprint density at radius 1 is 1.04 bits per heavy atom. The Labute approximate surface area is 159 Å². The average Bonchev–Trinajstić information content (AvgIpc) is 3.19. The fraction of sp³-hybridized carbons (Fsp3) is 1.00. The molecule has 3 saturated carbocycles. The van der Waals surface area contributed by atoms with Crippen LogP contribution in [0.1, 0.15) is 73.6 Å². The van der Waals surface area contributed by atoms with E-state index in [2.05, 4.69) is 41.5 Å². The van der Waals surface area contributed by atoms with E-state index in [1.54, 1.807) is 0 Å². The molecule has 5 rings (SSSR count). The molecule has 0 aromatic rings. The quantitative estimate of drug-likeness (QED) is 0.613. The minimum absolute atomic E-state index is 0.0775. The highest BCUT2D eigenvalue weighted by Crippen LogP contribution is 2.73. The third-order valence-electron chi connectivity index (χ3n) is 9.14. The molecule has 0 N–H and O–H groups in total. The van der Waals surface area contributed by atoms with Gasteiger partial charge in [0.15, 0.2) is 5.79 Å². The Bertz CT molecular complexity index is 586. The maximum Gasteiger partial charge on any atom is 0.163 e. The minimum Gasteiger partial charge on any atom is -0.362 e. The maximum atomic E-state index is 6.85. The van der Waals surface area contributed by atoms with Crippen LogP contribution >= 0.6 is 0 Å². The van der Waals surface area contributed by atoms with Gasteiger partial charge in [0.2, 0.25) is 0 Å². The molecule has 4 bridgehead atoms. The zero-order valence-corrected chi connectivity index (χ0v) is 17.6. The van der Waals surface area contributed by atoms with Crippen LogP contribution in [0.4, 0.5) is 0 Å². The molecule has 2 heterocycles. The summed E-state index contributed by atoms with van der Waals surface area (Å²) in [6.07, 6.45) is 6.86. The predicted octanol–water partition coefficient (Wildman–Crippen LogP) is 5.03. The summed E-state index contributed by atoms with van der Waals surface area (Å²) in [4.78, 5) is 0. The summed E-state index contributed by atoms with van der Waals surface area (Å²) in [6, 6.07) is 0. The topological polar surface area (TPSA) is 31.0 Å². The van der Waals surface area contributed by atoms with Gasteiger partial charge in [0.25, 0.3) is 0 Å². The summed E-state index contributed by atoms with van der Waals surface area (Å²) in [7, 11) is 0. The van der Waals surface area contributed by atoms with Crippen LogP contribution in [0, 0.1) is 41.4 Å². The van der Waals surface area contributed by atoms with Crippen molar-refractivity contribution in [1.29, 1.82) is 0 Å². The van der Waals surface area contributed by atoms with E-state index in [1.165, 1.54) is 32.1 Å². The van der Waals surface area contributed by atoms with E-state index in [4.69, 9.17) is 14.2 Å². The summed E-state index contributed by atoms with van der Waals surface area (Å²) in [5.74, 6) is 4.37. The Morgan fingerprint density at radius 2 is 1.81 bits per heavy atom. The van der Waals surface area contributed by atoms with Crippen LogP contribution in [-0.2, 0) is 14.2 Å². The van der Waals surface area contributed by atoms with Gasteiger partial charge in [0, 0.05) is 11.8 Å². The van der Waals surface area contributed by atoms with E-state index in [0.29, 0.717) is 23.9 Å². The highest BCUT2D eigenvalue weighted by molar-refractivity contribution is 5.28. The van der Waals surface area contributed by atoms with Gasteiger partial charge in [-0.2, -0.15) is 0 Å². The smallest absolute Gasteiger partial charge is 0.163 e. The lowest BCUT2D eigenvalue weighted by Gasteiger charge is -2.59. The summed E-state index contributed by atoms with van der Waals surface area (Å²) < 4.78 is 19.7. The third kappa shape index (κ3) is 2.23. The van der Waals surface area contributed by atoms with Crippen molar-refractivity contribution >= 4 is 0 Å². The van der Waals surface area contributed by atoms with Crippen LogP contribution in [0.2, 0.25) is 0 Å². The van der Waals surface area contributed by atoms with Gasteiger partial charge in [-0.25, -0.2) is 0 Å². The van der Waals surface area contributed by atoms with Crippen molar-refractivity contribution < 1.29 is 14.2 Å². The molecule has 0 radical (unpaired) electrons. The minimum atomic E-state index is -0.451. The lowest BCUT2D eigenvalue weighted by molar-refractivity contribution is -0.327. The molecule has 3 aliphatic carbocycles. The maximum absolute atomic E-state index is 6.85. The summed E-state index contributed by atoms with van der Waals surface area (Å²) in [5, 5.41) is 0. The zero-order chi connectivity index (χ0) is 18.5. The van der Waals surface area contributed by atoms with Crippen molar-refractivity contribution in [2.24, 2.45) is 41.4 Å². The number of rotatable bonds is 1. The molecule has 1 unspecified atom stereocenters. The molecule has 0 aromatic carbocycles. The first-order valence-electron chi connectivity index (χ1n) is 11.2. The Morgan fingerprint density at radius 3 is 2.54 bits per heavy atom. The first kappa shape index (κ1) is 17.9. The molecule has 0 amide bonds. The van der Waals surface area contributed by atoms with E-state index in [1.807, 2.05) is 0 Å². The molecule has 1 spiro atoms. The van der Waals surface area contributed by atoms with Gasteiger partial charge in [-0.3, -0.25) is 0 Å². The average molecular weight is 363 g/mol. The van der Waals surface area contributed by atoms with E-state index < -0.39 is 5.79 Å². The van der Waals surface area contributed by atoms with Crippen LogP contribution in [0.15, 0.2) is 0 Å². The van der Waals surface area contributed by atoms with Gasteiger partial charge in [-0.05, 0) is 76.0 Å². The molecule has 148 valence electrons. The van der Waals surface area contributed by atoms with E-state index in [9.17, 15) is 0 Å². The molecule has 3 nitrogen and oxygen atoms in total. The van der Waals surface area contributed by atoms with Crippen LogP contribution in [0.5, 0.6) is 0 Å². The number of ether oxygens (including phenoxy) is 3. The first-order chi connectivity index (χ1) is 12.2. The first-order valence-corrected chi connectivity index (χ1v) is 11.2. The van der Waals surface area contributed by atoms with Crippen LogP contribution in [0.25, 0.3) is 0 Å². The van der Waals surface area contributed by atoms with E-state index in [0.717, 1.165) is 30.3 Å². The Balaban J connectivity index is 1.62. The standard InChI is InChI=1S/C23H38O3/c1-13(2)16-8-7-14(3)17-9-10-22(6)23(26-22)18(16)11-15-12-24-21(4,5)25-20(15)19(17)23/h13-20H,7-12H2,1-6H3/t14-,15+,16-,17+,18+,19?,20-,22-,23+/m1/s1. The van der Waals surface area contributed by atoms with Crippen LogP contribution in [-0.4, -0.2) is 29.7 Å². The van der Waals surface area contributed by atoms with Crippen LogP contribution in [0.3, 0.4) is 0 Å². The van der Waals surface area contributed by atoms with Gasteiger partial charge < -0.3 is 14.2 Å². The third-order valence-corrected chi connectivity index (χ3v) is 9.14. The Hall–Kier alpha value is -0.120. The fourth-order valence-electron chi connectivity index (χ4n) is 7.89. The second kappa shape index (κ2) is 5.48. The lowest BCUT2D eigenvalue weighted by atomic mass is 9.47. The number of hydrogen-bond donors (Lipinski definition) is 0. The van der Waals surface area contributed by atoms with Crippen molar-refractivity contribution in [2.75, 3.05) is 6.61 Å². The number of fused-ring (bicyclic) bond motifs is 1. The van der Waals surface area contributed by atoms with Crippen LogP contribution < -0.4 is 0 Å². The number of epoxide rings is 1. The molecule has 3 heteroatoms. The molecule has 26 heavy (non-hydrogen) atoms. The summed E-state index contributed by atoms with van der Waals surface area (Å²) in [5.41, 5.74) is 0.175. The SMILES string of the molecule is CC(C)[C@H]1CC[C@@H](C)[C@@H]2CC[C@@]3(C)O[C@@]34C2[C@@H]2OC(C)(C)OC[C@@H]2C[C@@H]14. The largest absolute Gasteiger partial charge is 0.362 e. The van der Waals surface area contributed by atoms with E-state index >= 15 is 0 Å². The van der Waals surface area contributed by atoms with Gasteiger partial charge in [0.1, 0.15) is 5.60 Å². The second-order valence-electron chi connectivity index (χ2n) is 11.2. The number of hydrogen-bond acceptors (Lipinski definition) is 3. The van der Waals surface area contributed by atoms with Crippen molar-refractivity contribution in [3.63, 3.8) is 0 Å². The zero-order valence-electron chi connectivity index (χ0n) is 17.6. The highest BCUT2D eigenvalue weighted by Gasteiger charge is 2.81. The van der Waals surface area contributed by atoms with Gasteiger partial charge >= 0.3 is 0 Å². The van der Waals surface area contributed by atoms with Crippen molar-refractivity contribution in [3.05, 3.63) is 0 Å². The second-order valence-corrected chi connectivity index (χ2v) is 11.2. The summed E-state index contributed by atoms with van der Waals surface area (Å²) in [6.45, 7) is 14.9. The highest BCUT2D eigenvalue weighted by atomic mass is 16.7. The van der Waals surface area contributed by atoms with Gasteiger partial charge in [0.05, 0.1) is 18.3 Å². The molecular weight excluding hydrogens is 324 g/mol. The molecular formula is C23H38O3. The molecule has 9 atom stereocenters. The molecule has 5 fully saturated rings. The van der Waals surface area contributed by atoms with Crippen molar-refractivity contribution in [2.45, 2.75) is 96.7 Å². The van der Waals surface area contributed by atoms with E-state index in [-0.39, 0.29) is 11.2 Å². The molecule has 5 aliphatic rings. The lowest BCUT2D eigenvalue weighted by Crippen LogP contribution is -2.65. The van der Waals surface area contributed by atoms with Gasteiger partial charge in [-0.1, -0.05) is 27.2 Å². The van der Waals surface area contributed by atoms with Gasteiger partial charge in [-0.15, -0.1) is 0 Å². The fourth-order valence-corrected chi connectivity index (χ4v) is 7.89. The van der Waals surface area contributed by atoms with Crippen molar-refractivity contribution in [1.82, 2.24) is 0 Å². The predicted molar refractivity (Wildman–Crippen MR) is 102 cm³/mol. The normalized spacial score (nSPS) is 57.6. The molecule has 0 aromatic heterocycles. The molecule has 2 saturated heterocycles. The Kier molecular flexibility index (Phi) is 3.78. The summed E-state index contributed by atoms with van der Waals surface area (Å²) >= 11 is 0.